The summed E-state index contributed by atoms with van der Waals surface area (Å²) >= 11 is 0. The Balaban J connectivity index is 2.10. The fraction of sp³-hybridized carbons (Fsp3) is 0.238. The van der Waals surface area contributed by atoms with Gasteiger partial charge in [0.15, 0.2) is 5.78 Å². The van der Waals surface area contributed by atoms with Gasteiger partial charge in [0.1, 0.15) is 5.76 Å². The smallest absolute Gasteiger partial charge is 0.269 e. The lowest BCUT2D eigenvalue weighted by Crippen LogP contribution is -2.32. The lowest BCUT2D eigenvalue weighted by molar-refractivity contribution is -0.384. The molecule has 1 fully saturated rings. The number of aliphatic hydroxyl groups is 1. The van der Waals surface area contributed by atoms with Gasteiger partial charge in [-0.25, -0.2) is 0 Å². The number of aliphatic hydroxyl groups excluding tert-OH is 1. The number of benzene rings is 2. The highest BCUT2D eigenvalue weighted by molar-refractivity contribution is 6.28. The van der Waals surface area contributed by atoms with Crippen molar-refractivity contribution in [3.63, 3.8) is 0 Å². The van der Waals surface area contributed by atoms with Crippen molar-refractivity contribution in [1.29, 1.82) is 0 Å². The minimum absolute atomic E-state index is 0.0260. The molecule has 6 heteroatoms. The maximum Gasteiger partial charge on any atom is 0.269 e. The Morgan fingerprint density at radius 1 is 1.07 bits per heavy atom. The molecule has 0 amide bonds. The van der Waals surface area contributed by atoms with E-state index in [0.29, 0.717) is 29.8 Å². The third-order valence-corrected chi connectivity index (χ3v) is 4.46. The third-order valence-electron chi connectivity index (χ3n) is 4.46. The van der Waals surface area contributed by atoms with Crippen LogP contribution in [0.2, 0.25) is 0 Å². The number of allylic oxidation sites excluding steroid dienone is 1. The molecule has 1 aliphatic carbocycles. The molecule has 0 aliphatic heterocycles. The zero-order valence-electron chi connectivity index (χ0n) is 15.2. The van der Waals surface area contributed by atoms with Crippen LogP contribution >= 0.6 is 0 Å². The van der Waals surface area contributed by atoms with Crippen LogP contribution in [0.3, 0.4) is 0 Å². The average Bonchev–Trinajstić information content (AvgIpc) is 2.61. The number of carbonyl (C=O) groups is 1. The molecule has 0 bridgehead atoms. The molecule has 0 saturated heterocycles. The summed E-state index contributed by atoms with van der Waals surface area (Å²) in [5.74, 6) is -0.245. The molecule has 2 aromatic rings. The Hall–Kier alpha value is -3.28. The van der Waals surface area contributed by atoms with Crippen molar-refractivity contribution < 1.29 is 14.8 Å². The van der Waals surface area contributed by atoms with Crippen LogP contribution in [0.1, 0.15) is 32.3 Å². The van der Waals surface area contributed by atoms with E-state index >= 15 is 0 Å². The highest BCUT2D eigenvalue weighted by Gasteiger charge is 2.36. The number of hydrogen-bond acceptors (Lipinski definition) is 5. The van der Waals surface area contributed by atoms with Crippen molar-refractivity contribution in [2.75, 3.05) is 0 Å². The lowest BCUT2D eigenvalue weighted by atomic mass is 9.73. The number of Topliss-reactive ketones (excluding diaryl/α,β-unsaturated/α-hetero) is 1. The van der Waals surface area contributed by atoms with Crippen molar-refractivity contribution >= 4 is 28.6 Å². The first-order valence-corrected chi connectivity index (χ1v) is 8.61. The number of rotatable bonds is 3. The predicted octanol–water partition coefficient (Wildman–Crippen LogP) is 5.03. The first kappa shape index (κ1) is 18.5. The van der Waals surface area contributed by atoms with E-state index in [1.165, 1.54) is 24.3 Å². The Morgan fingerprint density at radius 3 is 2.30 bits per heavy atom. The van der Waals surface area contributed by atoms with Crippen molar-refractivity contribution in [1.82, 2.24) is 0 Å². The number of carbonyl (C=O) groups excluding carboxylic acids is 1. The van der Waals surface area contributed by atoms with E-state index in [9.17, 15) is 20.0 Å². The van der Waals surface area contributed by atoms with Gasteiger partial charge in [0, 0.05) is 24.1 Å². The number of hydrogen-bond donors (Lipinski definition) is 1. The quantitative estimate of drug-likeness (QED) is 0.358. The minimum atomic E-state index is -0.475. The second-order valence-electron chi connectivity index (χ2n) is 7.36. The van der Waals surface area contributed by atoms with Gasteiger partial charge in [0.05, 0.1) is 21.9 Å². The van der Waals surface area contributed by atoms with Crippen LogP contribution in [0, 0.1) is 15.5 Å². The van der Waals surface area contributed by atoms with E-state index < -0.39 is 4.92 Å². The molecule has 1 N–H and O–H groups in total. The minimum Gasteiger partial charge on any atom is -0.506 e. The van der Waals surface area contributed by atoms with Crippen LogP contribution < -0.4 is 0 Å². The molecule has 0 heterocycles. The molecule has 3 rings (SSSR count). The SMILES string of the molecule is CC1(C)CC(=O)C(=C(O)c2ccccc2)C(=Nc2ccc([N+](=O)[O-])cc2)C1. The standard InChI is InChI=1S/C21H20N2O4/c1-21(2)12-17(22-15-8-10-16(11-9-15)23(26)27)19(18(24)13-21)20(25)14-6-4-3-5-7-14/h3-11,25H,12-13H2,1-2H3. The van der Waals surface area contributed by atoms with Crippen LogP contribution in [0.5, 0.6) is 0 Å². The fourth-order valence-corrected chi connectivity index (χ4v) is 3.20. The first-order chi connectivity index (χ1) is 12.8. The van der Waals surface area contributed by atoms with Gasteiger partial charge in [0.2, 0.25) is 0 Å². The van der Waals surface area contributed by atoms with Crippen molar-refractivity contribution in [2.45, 2.75) is 26.7 Å². The molecule has 138 valence electrons. The number of nitro groups is 1. The van der Waals surface area contributed by atoms with E-state index in [4.69, 9.17) is 0 Å². The molecular weight excluding hydrogens is 344 g/mol. The van der Waals surface area contributed by atoms with Crippen LogP contribution in [-0.4, -0.2) is 21.5 Å². The maximum absolute atomic E-state index is 12.8. The summed E-state index contributed by atoms with van der Waals surface area (Å²) in [6.45, 7) is 3.96. The molecule has 6 nitrogen and oxygen atoms in total. The average molecular weight is 364 g/mol. The molecule has 0 aromatic heterocycles. The van der Waals surface area contributed by atoms with Gasteiger partial charge in [-0.3, -0.25) is 19.9 Å². The van der Waals surface area contributed by atoms with Crippen LogP contribution in [0.15, 0.2) is 65.2 Å². The molecule has 27 heavy (non-hydrogen) atoms. The first-order valence-electron chi connectivity index (χ1n) is 8.61. The van der Waals surface area contributed by atoms with Gasteiger partial charge in [0.25, 0.3) is 5.69 Å². The normalized spacial score (nSPS) is 19.8. The molecule has 0 spiro atoms. The highest BCUT2D eigenvalue weighted by Crippen LogP contribution is 2.37. The summed E-state index contributed by atoms with van der Waals surface area (Å²) in [4.78, 5) is 27.7. The van der Waals surface area contributed by atoms with Crippen molar-refractivity contribution in [2.24, 2.45) is 10.4 Å². The van der Waals surface area contributed by atoms with Crippen molar-refractivity contribution in [3.8, 4) is 0 Å². The van der Waals surface area contributed by atoms with Crippen LogP contribution in [0.25, 0.3) is 5.76 Å². The zero-order valence-corrected chi connectivity index (χ0v) is 15.2. The highest BCUT2D eigenvalue weighted by atomic mass is 16.6. The number of non-ortho nitro benzene ring substituents is 1. The van der Waals surface area contributed by atoms with E-state index in [-0.39, 0.29) is 28.2 Å². The zero-order chi connectivity index (χ0) is 19.6. The third kappa shape index (κ3) is 4.11. The van der Waals surface area contributed by atoms with Gasteiger partial charge in [-0.15, -0.1) is 0 Å². The number of nitro benzene ring substituents is 1. The topological polar surface area (TPSA) is 92.8 Å². The monoisotopic (exact) mass is 364 g/mol. The van der Waals surface area contributed by atoms with Crippen LogP contribution in [-0.2, 0) is 4.79 Å². The van der Waals surface area contributed by atoms with E-state index in [1.807, 2.05) is 19.9 Å². The van der Waals surface area contributed by atoms with Gasteiger partial charge >= 0.3 is 0 Å². The molecular formula is C21H20N2O4. The summed E-state index contributed by atoms with van der Waals surface area (Å²) in [6, 6.07) is 14.7. The Kier molecular flexibility index (Phi) is 4.90. The van der Waals surface area contributed by atoms with E-state index in [1.54, 1.807) is 24.3 Å². The lowest BCUT2D eigenvalue weighted by Gasteiger charge is -2.31. The molecule has 2 aromatic carbocycles. The number of nitrogens with zero attached hydrogens (tertiary/aromatic N) is 2. The van der Waals surface area contributed by atoms with E-state index in [2.05, 4.69) is 4.99 Å². The molecule has 1 aliphatic rings. The second-order valence-corrected chi connectivity index (χ2v) is 7.36. The largest absolute Gasteiger partial charge is 0.506 e. The maximum atomic E-state index is 12.8. The Morgan fingerprint density at radius 2 is 1.70 bits per heavy atom. The second kappa shape index (κ2) is 7.15. The fourth-order valence-electron chi connectivity index (χ4n) is 3.20. The summed E-state index contributed by atoms with van der Waals surface area (Å²) in [7, 11) is 0. The Labute approximate surface area is 157 Å². The van der Waals surface area contributed by atoms with Crippen molar-refractivity contribution in [3.05, 3.63) is 75.8 Å². The van der Waals surface area contributed by atoms with Gasteiger partial charge in [-0.2, -0.15) is 0 Å². The summed E-state index contributed by atoms with van der Waals surface area (Å²) in [5.41, 5.74) is 1.46. The van der Waals surface area contributed by atoms with Gasteiger partial charge in [-0.1, -0.05) is 44.2 Å². The molecule has 0 radical (unpaired) electrons. The number of aliphatic imine (C=N–C) groups is 1. The number of ketones is 1. The van der Waals surface area contributed by atoms with Gasteiger partial charge in [-0.05, 0) is 24.0 Å². The summed E-state index contributed by atoms with van der Waals surface area (Å²) in [6.07, 6.45) is 0.834. The van der Waals surface area contributed by atoms with Crippen LogP contribution in [0.4, 0.5) is 11.4 Å². The Bertz CT molecular complexity index is 942. The predicted molar refractivity (Wildman–Crippen MR) is 104 cm³/mol. The summed E-state index contributed by atoms with van der Waals surface area (Å²) < 4.78 is 0. The van der Waals surface area contributed by atoms with Gasteiger partial charge < -0.3 is 5.11 Å². The van der Waals surface area contributed by atoms with E-state index in [0.717, 1.165) is 0 Å². The summed E-state index contributed by atoms with van der Waals surface area (Å²) in [5, 5.41) is 21.6. The molecule has 0 unspecified atom stereocenters. The molecule has 1 saturated carbocycles. The molecule has 0 atom stereocenters.